The molecule has 0 unspecified atom stereocenters. The van der Waals surface area contributed by atoms with E-state index in [-0.39, 0.29) is 42.3 Å². The number of Topliss-reactive ketones (excluding diaryl/α,β-unsaturated/α-hetero) is 1. The number of carbonyl (C=O) groups is 3. The van der Waals surface area contributed by atoms with E-state index in [2.05, 4.69) is 0 Å². The SMILES string of the molecule is O=C1CN(C2CC2)C(=O)N1CC(=O)C12CC3CC(CC(C3)C1)C2. The number of ketones is 1. The van der Waals surface area contributed by atoms with Crippen molar-refractivity contribution in [3.05, 3.63) is 0 Å². The average molecular weight is 316 g/mol. The molecule has 124 valence electrons. The lowest BCUT2D eigenvalue weighted by atomic mass is 9.48. The van der Waals surface area contributed by atoms with Gasteiger partial charge < -0.3 is 4.90 Å². The lowest BCUT2D eigenvalue weighted by molar-refractivity contribution is -0.146. The summed E-state index contributed by atoms with van der Waals surface area (Å²) in [6.07, 6.45) is 8.88. The summed E-state index contributed by atoms with van der Waals surface area (Å²) in [6, 6.07) is 0.0154. The Labute approximate surface area is 136 Å². The van der Waals surface area contributed by atoms with Crippen LogP contribution in [0.1, 0.15) is 51.4 Å². The lowest BCUT2D eigenvalue weighted by Gasteiger charge is -2.56. The topological polar surface area (TPSA) is 57.7 Å². The third-order valence-corrected chi connectivity index (χ3v) is 7.00. The van der Waals surface area contributed by atoms with Crippen molar-refractivity contribution in [1.29, 1.82) is 0 Å². The summed E-state index contributed by atoms with van der Waals surface area (Å²) in [7, 11) is 0. The van der Waals surface area contributed by atoms with Crippen molar-refractivity contribution in [2.45, 2.75) is 57.4 Å². The number of imide groups is 1. The summed E-state index contributed by atoms with van der Waals surface area (Å²) in [4.78, 5) is 40.6. The molecule has 0 atom stereocenters. The molecule has 0 aromatic heterocycles. The van der Waals surface area contributed by atoms with Gasteiger partial charge in [0.2, 0.25) is 0 Å². The van der Waals surface area contributed by atoms with Gasteiger partial charge in [-0.1, -0.05) is 0 Å². The van der Waals surface area contributed by atoms with E-state index in [9.17, 15) is 14.4 Å². The Hall–Kier alpha value is -1.39. The second-order valence-electron chi connectivity index (χ2n) is 8.74. The van der Waals surface area contributed by atoms with Gasteiger partial charge in [0.05, 0.1) is 6.54 Å². The highest BCUT2D eigenvalue weighted by Gasteiger charge is 2.55. The molecule has 23 heavy (non-hydrogen) atoms. The van der Waals surface area contributed by atoms with Gasteiger partial charge in [0.25, 0.3) is 5.91 Å². The molecule has 5 saturated carbocycles. The minimum absolute atomic E-state index is 0.0209. The smallest absolute Gasteiger partial charge is 0.312 e. The summed E-state index contributed by atoms with van der Waals surface area (Å²) >= 11 is 0. The van der Waals surface area contributed by atoms with E-state index in [0.717, 1.165) is 32.1 Å². The maximum absolute atomic E-state index is 13.1. The molecule has 5 aliphatic carbocycles. The van der Waals surface area contributed by atoms with Crippen molar-refractivity contribution in [3.8, 4) is 0 Å². The number of hydrogen-bond donors (Lipinski definition) is 0. The van der Waals surface area contributed by atoms with Crippen LogP contribution in [0.5, 0.6) is 0 Å². The Morgan fingerprint density at radius 2 is 1.57 bits per heavy atom. The first kappa shape index (κ1) is 14.0. The molecular weight excluding hydrogens is 292 g/mol. The summed E-state index contributed by atoms with van der Waals surface area (Å²) in [5.41, 5.74) is -0.220. The molecule has 6 aliphatic rings. The van der Waals surface area contributed by atoms with Crippen LogP contribution in [0.3, 0.4) is 0 Å². The van der Waals surface area contributed by atoms with E-state index in [0.29, 0.717) is 17.8 Å². The van der Waals surface area contributed by atoms with Crippen molar-refractivity contribution in [2.24, 2.45) is 23.2 Å². The predicted molar refractivity (Wildman–Crippen MR) is 82.4 cm³/mol. The Bertz CT molecular complexity index is 560. The molecule has 5 nitrogen and oxygen atoms in total. The van der Waals surface area contributed by atoms with Crippen LogP contribution < -0.4 is 0 Å². The van der Waals surface area contributed by atoms with Gasteiger partial charge in [0.15, 0.2) is 5.78 Å². The van der Waals surface area contributed by atoms with Crippen LogP contribution in [0.25, 0.3) is 0 Å². The monoisotopic (exact) mass is 316 g/mol. The molecule has 0 N–H and O–H groups in total. The van der Waals surface area contributed by atoms with Crippen LogP contribution in [-0.2, 0) is 9.59 Å². The molecule has 0 spiro atoms. The van der Waals surface area contributed by atoms with Crippen molar-refractivity contribution in [1.82, 2.24) is 9.80 Å². The van der Waals surface area contributed by atoms with Crippen molar-refractivity contribution in [3.63, 3.8) is 0 Å². The van der Waals surface area contributed by atoms with Gasteiger partial charge in [0, 0.05) is 11.5 Å². The number of carbonyl (C=O) groups excluding carboxylic acids is 3. The molecule has 1 aliphatic heterocycles. The van der Waals surface area contributed by atoms with Gasteiger partial charge in [-0.3, -0.25) is 14.5 Å². The average Bonchev–Trinajstić information content (AvgIpc) is 3.28. The van der Waals surface area contributed by atoms with E-state index in [1.807, 2.05) is 0 Å². The van der Waals surface area contributed by atoms with E-state index < -0.39 is 0 Å². The molecular formula is C18H24N2O3. The van der Waals surface area contributed by atoms with Crippen LogP contribution in [0.15, 0.2) is 0 Å². The molecule has 0 radical (unpaired) electrons. The van der Waals surface area contributed by atoms with Gasteiger partial charge in [-0.25, -0.2) is 4.79 Å². The van der Waals surface area contributed by atoms with Crippen molar-refractivity contribution < 1.29 is 14.4 Å². The Balaban J connectivity index is 1.33. The van der Waals surface area contributed by atoms with E-state index >= 15 is 0 Å². The van der Waals surface area contributed by atoms with Gasteiger partial charge in [-0.05, 0) is 69.1 Å². The highest BCUT2D eigenvalue weighted by Crippen LogP contribution is 2.60. The van der Waals surface area contributed by atoms with Crippen molar-refractivity contribution in [2.75, 3.05) is 13.1 Å². The Kier molecular flexibility index (Phi) is 2.79. The number of rotatable bonds is 4. The van der Waals surface area contributed by atoms with Crippen LogP contribution in [-0.4, -0.2) is 46.7 Å². The second-order valence-corrected chi connectivity index (χ2v) is 8.74. The standard InChI is InChI=1S/C18H24N2O3/c21-15(9-20-16(22)10-19(17(20)23)14-1-2-14)18-6-11-3-12(7-18)5-13(4-11)8-18/h11-14H,1-10H2. The summed E-state index contributed by atoms with van der Waals surface area (Å²) < 4.78 is 0. The highest BCUT2D eigenvalue weighted by molar-refractivity contribution is 6.05. The molecule has 0 aromatic rings. The van der Waals surface area contributed by atoms with Crippen LogP contribution in [0.2, 0.25) is 0 Å². The molecule has 1 saturated heterocycles. The van der Waals surface area contributed by atoms with Crippen LogP contribution in [0.4, 0.5) is 4.79 Å². The second kappa shape index (κ2) is 4.58. The molecule has 4 bridgehead atoms. The predicted octanol–water partition coefficient (Wildman–Crippen LogP) is 2.20. The van der Waals surface area contributed by atoms with Gasteiger partial charge in [-0.2, -0.15) is 0 Å². The number of amides is 3. The summed E-state index contributed by atoms with van der Waals surface area (Å²) in [5.74, 6) is 2.10. The van der Waals surface area contributed by atoms with Gasteiger partial charge in [0.1, 0.15) is 6.54 Å². The fourth-order valence-electron chi connectivity index (χ4n) is 6.15. The molecule has 6 fully saturated rings. The first-order chi connectivity index (χ1) is 11.0. The number of nitrogens with zero attached hydrogens (tertiary/aromatic N) is 2. The lowest BCUT2D eigenvalue weighted by Crippen LogP contribution is -2.53. The fraction of sp³-hybridized carbons (Fsp3) is 0.833. The maximum Gasteiger partial charge on any atom is 0.327 e. The largest absolute Gasteiger partial charge is 0.327 e. The molecule has 5 heteroatoms. The highest BCUT2D eigenvalue weighted by atomic mass is 16.2. The minimum Gasteiger partial charge on any atom is -0.312 e. The van der Waals surface area contributed by atoms with E-state index in [1.54, 1.807) is 4.90 Å². The van der Waals surface area contributed by atoms with Crippen LogP contribution in [0, 0.1) is 23.2 Å². The first-order valence-electron chi connectivity index (χ1n) is 9.18. The molecule has 1 heterocycles. The Morgan fingerprint density at radius 3 is 2.09 bits per heavy atom. The zero-order valence-electron chi connectivity index (χ0n) is 13.5. The van der Waals surface area contributed by atoms with Crippen LogP contribution >= 0.6 is 0 Å². The zero-order valence-corrected chi connectivity index (χ0v) is 13.5. The summed E-state index contributed by atoms with van der Waals surface area (Å²) in [5, 5.41) is 0. The quantitative estimate of drug-likeness (QED) is 0.747. The third-order valence-electron chi connectivity index (χ3n) is 7.00. The summed E-state index contributed by atoms with van der Waals surface area (Å²) in [6.45, 7) is 0.199. The minimum atomic E-state index is -0.226. The Morgan fingerprint density at radius 1 is 1.00 bits per heavy atom. The zero-order chi connectivity index (χ0) is 15.8. The molecule has 6 rings (SSSR count). The van der Waals surface area contributed by atoms with Crippen molar-refractivity contribution >= 4 is 17.7 Å². The van der Waals surface area contributed by atoms with Gasteiger partial charge in [-0.15, -0.1) is 0 Å². The van der Waals surface area contributed by atoms with Gasteiger partial charge >= 0.3 is 6.03 Å². The molecule has 3 amide bonds. The number of hydrogen-bond acceptors (Lipinski definition) is 3. The number of urea groups is 1. The third kappa shape index (κ3) is 2.08. The first-order valence-corrected chi connectivity index (χ1v) is 9.18. The normalized spacial score (nSPS) is 42.0. The molecule has 0 aromatic carbocycles. The van der Waals surface area contributed by atoms with E-state index in [4.69, 9.17) is 0 Å². The maximum atomic E-state index is 13.1. The van der Waals surface area contributed by atoms with E-state index in [1.165, 1.54) is 24.2 Å². The fourth-order valence-corrected chi connectivity index (χ4v) is 6.15.